The van der Waals surface area contributed by atoms with E-state index < -0.39 is 0 Å². The van der Waals surface area contributed by atoms with Crippen LogP contribution in [-0.4, -0.2) is 18.4 Å². The summed E-state index contributed by atoms with van der Waals surface area (Å²) in [6.45, 7) is 2.23. The zero-order valence-electron chi connectivity index (χ0n) is 9.36. The summed E-state index contributed by atoms with van der Waals surface area (Å²) in [5.41, 5.74) is 2.67. The van der Waals surface area contributed by atoms with Crippen LogP contribution in [0.2, 0.25) is 0 Å². The van der Waals surface area contributed by atoms with Gasteiger partial charge >= 0.3 is 0 Å². The smallest absolute Gasteiger partial charge is 0.186 e. The maximum absolute atomic E-state index is 5.64. The average molecular weight is 237 g/mol. The van der Waals surface area contributed by atoms with Crippen molar-refractivity contribution < 1.29 is 4.42 Å². The molecule has 0 amide bonds. The Balaban J connectivity index is 1.90. The Hall–Kier alpha value is -1.36. The first-order chi connectivity index (χ1) is 7.70. The fraction of sp³-hybridized carbons (Fsp3) is 0.455. The van der Waals surface area contributed by atoms with Gasteiger partial charge in [0.1, 0.15) is 11.5 Å². The van der Waals surface area contributed by atoms with Crippen LogP contribution in [0.25, 0.3) is 0 Å². The molecule has 1 heterocycles. The van der Waals surface area contributed by atoms with E-state index in [2.05, 4.69) is 22.8 Å². The number of nitrogens with zero attached hydrogens (tertiary/aromatic N) is 1. The molecule has 1 aromatic heterocycles. The highest BCUT2D eigenvalue weighted by atomic mass is 32.1. The van der Waals surface area contributed by atoms with Gasteiger partial charge in [-0.3, -0.25) is 5.43 Å². The minimum Gasteiger partial charge on any atom is -0.460 e. The largest absolute Gasteiger partial charge is 0.460 e. The molecule has 16 heavy (non-hydrogen) atoms. The molecule has 2 atom stereocenters. The Morgan fingerprint density at radius 1 is 1.62 bits per heavy atom. The molecule has 1 saturated carbocycles. The summed E-state index contributed by atoms with van der Waals surface area (Å²) in [6.07, 6.45) is 2.85. The van der Waals surface area contributed by atoms with Crippen LogP contribution in [0, 0.1) is 5.92 Å². The Kier molecular flexibility index (Phi) is 3.24. The third-order valence-electron chi connectivity index (χ3n) is 2.71. The predicted molar refractivity (Wildman–Crippen MR) is 67.6 cm³/mol. The zero-order valence-corrected chi connectivity index (χ0v) is 10.2. The molecule has 2 rings (SSSR count). The van der Waals surface area contributed by atoms with Gasteiger partial charge in [-0.15, -0.1) is 0 Å². The van der Waals surface area contributed by atoms with Crippen molar-refractivity contribution in [2.45, 2.75) is 19.3 Å². The first-order valence-electron chi connectivity index (χ1n) is 5.31. The SMILES string of the molecule is CNC(=S)N/N=C\c1ccc([C@@H]2C[C@@H]2C)o1. The van der Waals surface area contributed by atoms with Gasteiger partial charge in [0, 0.05) is 13.0 Å². The van der Waals surface area contributed by atoms with Gasteiger partial charge < -0.3 is 9.73 Å². The summed E-state index contributed by atoms with van der Waals surface area (Å²) in [7, 11) is 1.74. The van der Waals surface area contributed by atoms with Crippen molar-refractivity contribution in [2.24, 2.45) is 11.0 Å². The Bertz CT molecular complexity index is 413. The summed E-state index contributed by atoms with van der Waals surface area (Å²) in [5.74, 6) is 3.17. The molecule has 4 nitrogen and oxygen atoms in total. The number of furan rings is 1. The van der Waals surface area contributed by atoms with Crippen molar-refractivity contribution in [1.29, 1.82) is 0 Å². The summed E-state index contributed by atoms with van der Waals surface area (Å²) < 4.78 is 5.64. The Labute approximate surface area is 100 Å². The quantitative estimate of drug-likeness (QED) is 0.478. The van der Waals surface area contributed by atoms with Gasteiger partial charge in [0.25, 0.3) is 0 Å². The summed E-state index contributed by atoms with van der Waals surface area (Å²) in [6, 6.07) is 3.94. The molecule has 0 saturated heterocycles. The summed E-state index contributed by atoms with van der Waals surface area (Å²) >= 11 is 4.88. The minimum absolute atomic E-state index is 0.485. The van der Waals surface area contributed by atoms with Gasteiger partial charge in [-0.25, -0.2) is 0 Å². The highest BCUT2D eigenvalue weighted by Gasteiger charge is 2.36. The lowest BCUT2D eigenvalue weighted by Crippen LogP contribution is -2.28. The van der Waals surface area contributed by atoms with Crippen molar-refractivity contribution >= 4 is 23.5 Å². The second-order valence-electron chi connectivity index (χ2n) is 4.01. The van der Waals surface area contributed by atoms with Crippen LogP contribution in [0.5, 0.6) is 0 Å². The standard InChI is InChI=1S/C11H15N3OS/c1-7-5-9(7)10-4-3-8(15-10)6-13-14-11(16)12-2/h3-4,6-7,9H,5H2,1-2H3,(H2,12,14,16)/b13-6-/t7-,9+/m0/s1. The van der Waals surface area contributed by atoms with E-state index in [-0.39, 0.29) is 0 Å². The highest BCUT2D eigenvalue weighted by Crippen LogP contribution is 2.47. The molecule has 0 unspecified atom stereocenters. The van der Waals surface area contributed by atoms with Crippen LogP contribution in [0.3, 0.4) is 0 Å². The first kappa shape index (κ1) is 11.1. The van der Waals surface area contributed by atoms with Crippen LogP contribution >= 0.6 is 12.2 Å². The molecule has 0 aromatic carbocycles. The van der Waals surface area contributed by atoms with Gasteiger partial charge in [0.05, 0.1) is 6.21 Å². The fourth-order valence-electron chi connectivity index (χ4n) is 1.57. The van der Waals surface area contributed by atoms with Crippen molar-refractivity contribution in [2.75, 3.05) is 7.05 Å². The second-order valence-corrected chi connectivity index (χ2v) is 4.42. The molecule has 1 fully saturated rings. The Morgan fingerprint density at radius 2 is 2.38 bits per heavy atom. The number of nitrogens with one attached hydrogen (secondary N) is 2. The third-order valence-corrected chi connectivity index (χ3v) is 3.00. The van der Waals surface area contributed by atoms with E-state index >= 15 is 0 Å². The van der Waals surface area contributed by atoms with E-state index in [1.165, 1.54) is 6.42 Å². The molecular formula is C11H15N3OS. The number of hydrogen-bond acceptors (Lipinski definition) is 3. The predicted octanol–water partition coefficient (Wildman–Crippen LogP) is 1.83. The maximum atomic E-state index is 5.64. The van der Waals surface area contributed by atoms with Gasteiger partial charge in [0.15, 0.2) is 5.11 Å². The van der Waals surface area contributed by atoms with E-state index in [4.69, 9.17) is 16.6 Å². The van der Waals surface area contributed by atoms with Crippen LogP contribution in [0.4, 0.5) is 0 Å². The number of rotatable bonds is 3. The molecule has 0 radical (unpaired) electrons. The van der Waals surface area contributed by atoms with Gasteiger partial charge in [-0.1, -0.05) is 6.92 Å². The Morgan fingerprint density at radius 3 is 3.00 bits per heavy atom. The monoisotopic (exact) mass is 237 g/mol. The molecule has 0 aliphatic heterocycles. The van der Waals surface area contributed by atoms with Gasteiger partial charge in [-0.2, -0.15) is 5.10 Å². The summed E-state index contributed by atoms with van der Waals surface area (Å²) in [4.78, 5) is 0. The number of hydrogen-bond donors (Lipinski definition) is 2. The first-order valence-corrected chi connectivity index (χ1v) is 5.72. The van der Waals surface area contributed by atoms with Crippen LogP contribution in [-0.2, 0) is 0 Å². The molecule has 86 valence electrons. The van der Waals surface area contributed by atoms with Gasteiger partial charge in [0.2, 0.25) is 0 Å². The maximum Gasteiger partial charge on any atom is 0.186 e. The van der Waals surface area contributed by atoms with Crippen LogP contribution in [0.1, 0.15) is 30.8 Å². The normalized spacial score (nSPS) is 23.4. The van der Waals surface area contributed by atoms with E-state index in [9.17, 15) is 0 Å². The lowest BCUT2D eigenvalue weighted by atomic mass is 10.3. The lowest BCUT2D eigenvalue weighted by Gasteiger charge is -1.98. The molecular weight excluding hydrogens is 222 g/mol. The third kappa shape index (κ3) is 2.61. The fourth-order valence-corrected chi connectivity index (χ4v) is 1.62. The topological polar surface area (TPSA) is 49.6 Å². The van der Waals surface area contributed by atoms with E-state index in [0.717, 1.165) is 17.4 Å². The second kappa shape index (κ2) is 4.65. The zero-order chi connectivity index (χ0) is 11.5. The highest BCUT2D eigenvalue weighted by molar-refractivity contribution is 7.80. The average Bonchev–Trinajstić information content (AvgIpc) is 2.82. The van der Waals surface area contributed by atoms with Crippen LogP contribution in [0.15, 0.2) is 21.7 Å². The number of thiocarbonyl (C=S) groups is 1. The lowest BCUT2D eigenvalue weighted by molar-refractivity contribution is 0.500. The van der Waals surface area contributed by atoms with Crippen molar-refractivity contribution in [3.8, 4) is 0 Å². The summed E-state index contributed by atoms with van der Waals surface area (Å²) in [5, 5.41) is 7.20. The van der Waals surface area contributed by atoms with Crippen molar-refractivity contribution in [3.05, 3.63) is 23.7 Å². The van der Waals surface area contributed by atoms with Gasteiger partial charge in [-0.05, 0) is 36.7 Å². The molecule has 1 aromatic rings. The van der Waals surface area contributed by atoms with Crippen molar-refractivity contribution in [3.63, 3.8) is 0 Å². The molecule has 5 heteroatoms. The minimum atomic E-state index is 0.485. The van der Waals surface area contributed by atoms with Crippen LogP contribution < -0.4 is 10.7 Å². The van der Waals surface area contributed by atoms with E-state index in [1.807, 2.05) is 12.1 Å². The molecule has 2 N–H and O–H groups in total. The van der Waals surface area contributed by atoms with Crippen molar-refractivity contribution in [1.82, 2.24) is 10.7 Å². The van der Waals surface area contributed by atoms with E-state index in [0.29, 0.717) is 11.0 Å². The van der Waals surface area contributed by atoms with E-state index in [1.54, 1.807) is 13.3 Å². The molecule has 1 aliphatic carbocycles. The molecule has 0 spiro atoms. The molecule has 1 aliphatic rings. The molecule has 0 bridgehead atoms. The number of hydrazone groups is 1.